The van der Waals surface area contributed by atoms with Crippen molar-refractivity contribution in [1.82, 2.24) is 15.3 Å². The second-order valence-corrected chi connectivity index (χ2v) is 2.73. The molecule has 1 rings (SSSR count). The first-order chi connectivity index (χ1) is 6.24. The van der Waals surface area contributed by atoms with Gasteiger partial charge in [-0.2, -0.15) is 0 Å². The number of aromatic amines is 1. The summed E-state index contributed by atoms with van der Waals surface area (Å²) in [5.74, 6) is -0.837. The van der Waals surface area contributed by atoms with Gasteiger partial charge in [-0.25, -0.2) is 4.98 Å². The van der Waals surface area contributed by atoms with Crippen LogP contribution in [0.25, 0.3) is 0 Å². The molecule has 0 bridgehead atoms. The Morgan fingerprint density at radius 1 is 1.85 bits per heavy atom. The number of imidazole rings is 1. The van der Waals surface area contributed by atoms with Gasteiger partial charge in [0.15, 0.2) is 0 Å². The summed E-state index contributed by atoms with van der Waals surface area (Å²) in [4.78, 5) is 17.4. The normalized spacial score (nSPS) is 12.7. The Hall–Kier alpha value is -1.36. The molecular formula is C8H13N3O2. The highest BCUT2D eigenvalue weighted by atomic mass is 16.4. The van der Waals surface area contributed by atoms with Crippen LogP contribution in [0.5, 0.6) is 0 Å². The number of carboxylic acids is 1. The number of aromatic nitrogens is 2. The Morgan fingerprint density at radius 2 is 2.62 bits per heavy atom. The number of nitrogens with zero attached hydrogens (tertiary/aromatic N) is 1. The minimum absolute atomic E-state index is 0.434. The highest BCUT2D eigenvalue weighted by molar-refractivity contribution is 5.73. The molecule has 0 aliphatic heterocycles. The molecule has 0 spiro atoms. The van der Waals surface area contributed by atoms with Gasteiger partial charge in [-0.1, -0.05) is 6.92 Å². The van der Waals surface area contributed by atoms with E-state index in [-0.39, 0.29) is 0 Å². The second kappa shape index (κ2) is 4.61. The number of rotatable bonds is 5. The number of H-pyrrole nitrogens is 1. The lowest BCUT2D eigenvalue weighted by atomic mass is 10.1. The molecule has 1 heterocycles. The highest BCUT2D eigenvalue weighted by Gasteiger charge is 2.16. The average Bonchev–Trinajstić information content (AvgIpc) is 2.56. The van der Waals surface area contributed by atoms with E-state index in [4.69, 9.17) is 5.11 Å². The van der Waals surface area contributed by atoms with Gasteiger partial charge < -0.3 is 15.4 Å². The number of aliphatic carboxylic acids is 1. The van der Waals surface area contributed by atoms with Crippen LogP contribution in [0.1, 0.15) is 12.6 Å². The van der Waals surface area contributed by atoms with Crippen LogP contribution in [0.4, 0.5) is 0 Å². The fourth-order valence-electron chi connectivity index (χ4n) is 1.11. The molecule has 3 N–H and O–H groups in total. The van der Waals surface area contributed by atoms with Gasteiger partial charge in [-0.15, -0.1) is 0 Å². The van der Waals surface area contributed by atoms with Gasteiger partial charge in [0.05, 0.1) is 6.33 Å². The third-order valence-electron chi connectivity index (χ3n) is 1.73. The number of hydrogen-bond acceptors (Lipinski definition) is 3. The standard InChI is InChI=1S/C8H13N3O2/c1-2-10-7(8(12)13)3-6-4-9-5-11-6/h4-5,7,10H,2-3H2,1H3,(H,9,11)(H,12,13)/t7-/m1/s1. The zero-order chi connectivity index (χ0) is 9.68. The summed E-state index contributed by atoms with van der Waals surface area (Å²) in [7, 11) is 0. The van der Waals surface area contributed by atoms with Crippen molar-refractivity contribution in [3.8, 4) is 0 Å². The van der Waals surface area contributed by atoms with E-state index < -0.39 is 12.0 Å². The summed E-state index contributed by atoms with van der Waals surface area (Å²) in [6.07, 6.45) is 3.61. The monoisotopic (exact) mass is 183 g/mol. The second-order valence-electron chi connectivity index (χ2n) is 2.73. The molecule has 1 aromatic heterocycles. The Kier molecular flexibility index (Phi) is 3.45. The third kappa shape index (κ3) is 2.87. The maximum atomic E-state index is 10.7. The number of carboxylic acid groups (broad SMARTS) is 1. The van der Waals surface area contributed by atoms with Gasteiger partial charge in [-0.05, 0) is 6.54 Å². The average molecular weight is 183 g/mol. The third-order valence-corrected chi connectivity index (χ3v) is 1.73. The SMILES string of the molecule is CCN[C@H](Cc1cnc[nH]1)C(=O)O. The Labute approximate surface area is 76.2 Å². The fraction of sp³-hybridized carbons (Fsp3) is 0.500. The summed E-state index contributed by atoms with van der Waals surface area (Å²) in [6.45, 7) is 2.52. The van der Waals surface area contributed by atoms with Gasteiger partial charge in [0.2, 0.25) is 0 Å². The van der Waals surface area contributed by atoms with Gasteiger partial charge in [-0.3, -0.25) is 4.79 Å². The Balaban J connectivity index is 2.52. The van der Waals surface area contributed by atoms with E-state index >= 15 is 0 Å². The summed E-state index contributed by atoms with van der Waals surface area (Å²) >= 11 is 0. The molecule has 13 heavy (non-hydrogen) atoms. The summed E-state index contributed by atoms with van der Waals surface area (Å²) in [5.41, 5.74) is 0.827. The van der Waals surface area contributed by atoms with Crippen LogP contribution in [0.15, 0.2) is 12.5 Å². The Bertz CT molecular complexity index is 258. The predicted molar refractivity (Wildman–Crippen MR) is 47.4 cm³/mol. The molecule has 0 amide bonds. The van der Waals surface area contributed by atoms with E-state index in [2.05, 4.69) is 15.3 Å². The smallest absolute Gasteiger partial charge is 0.321 e. The molecule has 0 aliphatic carbocycles. The van der Waals surface area contributed by atoms with E-state index in [0.29, 0.717) is 13.0 Å². The van der Waals surface area contributed by atoms with E-state index in [1.165, 1.54) is 0 Å². The molecule has 0 fully saturated rings. The fourth-order valence-corrected chi connectivity index (χ4v) is 1.11. The quantitative estimate of drug-likeness (QED) is 0.601. The van der Waals surface area contributed by atoms with Gasteiger partial charge >= 0.3 is 5.97 Å². The molecular weight excluding hydrogens is 170 g/mol. The van der Waals surface area contributed by atoms with Gasteiger partial charge in [0.25, 0.3) is 0 Å². The van der Waals surface area contributed by atoms with Crippen molar-refractivity contribution in [3.63, 3.8) is 0 Å². The lowest BCUT2D eigenvalue weighted by Gasteiger charge is -2.10. The topological polar surface area (TPSA) is 78.0 Å². The maximum absolute atomic E-state index is 10.7. The van der Waals surface area contributed by atoms with E-state index in [1.54, 1.807) is 12.5 Å². The van der Waals surface area contributed by atoms with Crippen LogP contribution < -0.4 is 5.32 Å². The number of hydrogen-bond donors (Lipinski definition) is 3. The molecule has 72 valence electrons. The number of carbonyl (C=O) groups is 1. The number of likely N-dealkylation sites (N-methyl/N-ethyl adjacent to an activating group) is 1. The zero-order valence-electron chi connectivity index (χ0n) is 7.45. The van der Waals surface area contributed by atoms with Crippen molar-refractivity contribution in [2.75, 3.05) is 6.54 Å². The maximum Gasteiger partial charge on any atom is 0.321 e. The molecule has 0 radical (unpaired) electrons. The molecule has 0 aromatic carbocycles. The van der Waals surface area contributed by atoms with Crippen LogP contribution in [0.2, 0.25) is 0 Å². The molecule has 1 aromatic rings. The van der Waals surface area contributed by atoms with Crippen molar-refractivity contribution in [1.29, 1.82) is 0 Å². The van der Waals surface area contributed by atoms with Crippen LogP contribution in [-0.2, 0) is 11.2 Å². The van der Waals surface area contributed by atoms with Crippen molar-refractivity contribution in [2.45, 2.75) is 19.4 Å². The van der Waals surface area contributed by atoms with E-state index in [9.17, 15) is 4.79 Å². The molecule has 0 saturated heterocycles. The first-order valence-corrected chi connectivity index (χ1v) is 4.17. The summed E-state index contributed by atoms with van der Waals surface area (Å²) < 4.78 is 0. The first kappa shape index (κ1) is 9.73. The summed E-state index contributed by atoms with van der Waals surface area (Å²) in [5, 5.41) is 11.7. The van der Waals surface area contributed by atoms with E-state index in [1.807, 2.05) is 6.92 Å². The lowest BCUT2D eigenvalue weighted by molar-refractivity contribution is -0.139. The molecule has 0 aliphatic rings. The van der Waals surface area contributed by atoms with Crippen molar-refractivity contribution < 1.29 is 9.90 Å². The van der Waals surface area contributed by atoms with Crippen LogP contribution >= 0.6 is 0 Å². The Morgan fingerprint density at radius 3 is 3.08 bits per heavy atom. The van der Waals surface area contributed by atoms with Crippen LogP contribution in [0, 0.1) is 0 Å². The molecule has 0 saturated carbocycles. The van der Waals surface area contributed by atoms with Crippen molar-refractivity contribution in [2.24, 2.45) is 0 Å². The highest BCUT2D eigenvalue weighted by Crippen LogP contribution is 1.98. The van der Waals surface area contributed by atoms with Crippen LogP contribution in [0.3, 0.4) is 0 Å². The minimum atomic E-state index is -0.837. The first-order valence-electron chi connectivity index (χ1n) is 4.17. The lowest BCUT2D eigenvalue weighted by Crippen LogP contribution is -2.38. The van der Waals surface area contributed by atoms with Gasteiger partial charge in [0, 0.05) is 18.3 Å². The molecule has 0 unspecified atom stereocenters. The van der Waals surface area contributed by atoms with Crippen molar-refractivity contribution in [3.05, 3.63) is 18.2 Å². The minimum Gasteiger partial charge on any atom is -0.480 e. The number of nitrogens with one attached hydrogen (secondary N) is 2. The molecule has 5 nitrogen and oxygen atoms in total. The predicted octanol–water partition coefficient (Wildman–Crippen LogP) is 0.0149. The van der Waals surface area contributed by atoms with Crippen molar-refractivity contribution >= 4 is 5.97 Å². The van der Waals surface area contributed by atoms with Crippen LogP contribution in [-0.4, -0.2) is 33.6 Å². The van der Waals surface area contributed by atoms with Gasteiger partial charge in [0.1, 0.15) is 6.04 Å². The zero-order valence-corrected chi connectivity index (χ0v) is 7.45. The van der Waals surface area contributed by atoms with E-state index in [0.717, 1.165) is 5.69 Å². The molecule has 5 heteroatoms. The largest absolute Gasteiger partial charge is 0.480 e. The summed E-state index contributed by atoms with van der Waals surface area (Å²) in [6, 6.07) is -0.537. The molecule has 1 atom stereocenters.